The summed E-state index contributed by atoms with van der Waals surface area (Å²) in [5, 5.41) is 12.3. The normalized spacial score (nSPS) is 24.0. The van der Waals surface area contributed by atoms with Crippen LogP contribution in [0.4, 0.5) is 4.79 Å². The van der Waals surface area contributed by atoms with Crippen LogP contribution in [0.1, 0.15) is 46.5 Å². The molecule has 0 aromatic rings. The number of rotatable bonds is 3. The number of alkyl carbamates (subject to hydrolysis) is 1. The minimum atomic E-state index is -0.535. The zero-order chi connectivity index (χ0) is 15.5. The van der Waals surface area contributed by atoms with Gasteiger partial charge >= 0.3 is 6.09 Å². The van der Waals surface area contributed by atoms with Crippen LogP contribution in [0.3, 0.4) is 0 Å². The van der Waals surface area contributed by atoms with Crippen molar-refractivity contribution >= 4 is 6.09 Å². The molecule has 6 heteroatoms. The van der Waals surface area contributed by atoms with Crippen molar-refractivity contribution < 1.29 is 24.1 Å². The quantitative estimate of drug-likeness (QED) is 0.831. The molecule has 2 rings (SSSR count). The smallest absolute Gasteiger partial charge is 0.407 e. The second-order valence-electron chi connectivity index (χ2n) is 6.88. The maximum atomic E-state index is 11.8. The van der Waals surface area contributed by atoms with Crippen LogP contribution in [0.2, 0.25) is 0 Å². The summed E-state index contributed by atoms with van der Waals surface area (Å²) in [4.78, 5) is 11.8. The number of amides is 1. The molecule has 1 unspecified atom stereocenters. The Morgan fingerprint density at radius 1 is 1.33 bits per heavy atom. The maximum Gasteiger partial charge on any atom is 0.407 e. The van der Waals surface area contributed by atoms with Gasteiger partial charge in [-0.25, -0.2) is 4.79 Å². The number of nitrogens with one attached hydrogen (secondary N) is 1. The molecular weight excluding hydrogens is 274 g/mol. The molecule has 2 N–H and O–H groups in total. The molecule has 122 valence electrons. The Morgan fingerprint density at radius 3 is 2.38 bits per heavy atom. The molecule has 2 fully saturated rings. The van der Waals surface area contributed by atoms with Crippen LogP contribution in [0, 0.1) is 5.92 Å². The van der Waals surface area contributed by atoms with Crippen LogP contribution in [0.15, 0.2) is 0 Å². The molecule has 2 aliphatic rings. The molecule has 1 spiro atoms. The fourth-order valence-corrected chi connectivity index (χ4v) is 3.04. The Kier molecular flexibility index (Phi) is 5.11. The summed E-state index contributed by atoms with van der Waals surface area (Å²) < 4.78 is 16.6. The lowest BCUT2D eigenvalue weighted by Gasteiger charge is -2.38. The van der Waals surface area contributed by atoms with Gasteiger partial charge in [0.25, 0.3) is 0 Å². The molecule has 6 nitrogen and oxygen atoms in total. The number of aliphatic hydroxyl groups excluding tert-OH is 1. The zero-order valence-corrected chi connectivity index (χ0v) is 13.2. The van der Waals surface area contributed by atoms with Gasteiger partial charge in [0.05, 0.1) is 25.9 Å². The van der Waals surface area contributed by atoms with Gasteiger partial charge in [-0.3, -0.25) is 0 Å². The van der Waals surface area contributed by atoms with Crippen molar-refractivity contribution in [1.82, 2.24) is 5.32 Å². The number of hydrogen-bond donors (Lipinski definition) is 2. The van der Waals surface area contributed by atoms with Gasteiger partial charge in [0.1, 0.15) is 5.60 Å². The first-order valence-corrected chi connectivity index (χ1v) is 7.72. The van der Waals surface area contributed by atoms with E-state index in [2.05, 4.69) is 5.32 Å². The van der Waals surface area contributed by atoms with Crippen molar-refractivity contribution in [3.63, 3.8) is 0 Å². The van der Waals surface area contributed by atoms with Gasteiger partial charge in [0, 0.05) is 12.8 Å². The summed E-state index contributed by atoms with van der Waals surface area (Å²) in [5.41, 5.74) is -0.535. The third-order valence-corrected chi connectivity index (χ3v) is 4.07. The Morgan fingerprint density at radius 2 is 1.90 bits per heavy atom. The topological polar surface area (TPSA) is 77.0 Å². The van der Waals surface area contributed by atoms with Crippen molar-refractivity contribution in [1.29, 1.82) is 0 Å². The summed E-state index contributed by atoms with van der Waals surface area (Å²) in [6.07, 6.45) is 2.87. The molecule has 0 bridgehead atoms. The molecule has 0 radical (unpaired) electrons. The first-order chi connectivity index (χ1) is 9.84. The van der Waals surface area contributed by atoms with Gasteiger partial charge < -0.3 is 24.6 Å². The second-order valence-corrected chi connectivity index (χ2v) is 6.88. The SMILES string of the molecule is CC(C)(C)OC(=O)NC(CO)C1CCC2(CC1)OCCO2. The second kappa shape index (κ2) is 6.50. The lowest BCUT2D eigenvalue weighted by atomic mass is 9.81. The first-order valence-electron chi connectivity index (χ1n) is 7.72. The van der Waals surface area contributed by atoms with E-state index in [1.807, 2.05) is 20.8 Å². The molecule has 1 saturated carbocycles. The van der Waals surface area contributed by atoms with E-state index >= 15 is 0 Å². The van der Waals surface area contributed by atoms with Crippen LogP contribution in [0.25, 0.3) is 0 Å². The first kappa shape index (κ1) is 16.5. The van der Waals surface area contributed by atoms with E-state index in [4.69, 9.17) is 14.2 Å². The van der Waals surface area contributed by atoms with Crippen LogP contribution < -0.4 is 5.32 Å². The van der Waals surface area contributed by atoms with Crippen molar-refractivity contribution in [3.8, 4) is 0 Å². The van der Waals surface area contributed by atoms with Gasteiger partial charge in [0.2, 0.25) is 0 Å². The summed E-state index contributed by atoms with van der Waals surface area (Å²) in [5.74, 6) is -0.191. The number of aliphatic hydroxyl groups is 1. The van der Waals surface area contributed by atoms with Gasteiger partial charge in [-0.2, -0.15) is 0 Å². The van der Waals surface area contributed by atoms with Crippen molar-refractivity contribution in [2.24, 2.45) is 5.92 Å². The number of ether oxygens (including phenoxy) is 3. The zero-order valence-electron chi connectivity index (χ0n) is 13.2. The van der Waals surface area contributed by atoms with Crippen molar-refractivity contribution in [2.45, 2.75) is 63.9 Å². The van der Waals surface area contributed by atoms with Gasteiger partial charge in [0.15, 0.2) is 5.79 Å². The molecule has 1 atom stereocenters. The summed E-state index contributed by atoms with van der Waals surface area (Å²) >= 11 is 0. The monoisotopic (exact) mass is 301 g/mol. The molecule has 1 aliphatic heterocycles. The van der Waals surface area contributed by atoms with E-state index in [1.54, 1.807) is 0 Å². The lowest BCUT2D eigenvalue weighted by molar-refractivity contribution is -0.184. The van der Waals surface area contributed by atoms with Crippen molar-refractivity contribution in [3.05, 3.63) is 0 Å². The molecule has 0 aromatic carbocycles. The standard InChI is InChI=1S/C15H27NO5/c1-14(2,3)21-13(18)16-12(10-17)11-4-6-15(7-5-11)19-8-9-20-15/h11-12,17H,4-10H2,1-3H3,(H,16,18). The van der Waals surface area contributed by atoms with E-state index in [0.717, 1.165) is 25.7 Å². The van der Waals surface area contributed by atoms with E-state index < -0.39 is 17.5 Å². The van der Waals surface area contributed by atoms with Crippen LogP contribution in [-0.4, -0.2) is 48.5 Å². The predicted molar refractivity (Wildman–Crippen MR) is 76.8 cm³/mol. The highest BCUT2D eigenvalue weighted by molar-refractivity contribution is 5.68. The molecule has 1 aliphatic carbocycles. The molecule has 0 aromatic heterocycles. The van der Waals surface area contributed by atoms with Crippen LogP contribution in [-0.2, 0) is 14.2 Å². The molecule has 1 saturated heterocycles. The summed E-state index contributed by atoms with van der Waals surface area (Å²) in [6.45, 7) is 6.69. The summed E-state index contributed by atoms with van der Waals surface area (Å²) in [6, 6.07) is -0.279. The Hall–Kier alpha value is -0.850. The molecule has 1 heterocycles. The molecular formula is C15H27NO5. The number of carbonyl (C=O) groups is 1. The highest BCUT2D eigenvalue weighted by Crippen LogP contribution is 2.39. The minimum Gasteiger partial charge on any atom is -0.444 e. The average molecular weight is 301 g/mol. The fraction of sp³-hybridized carbons (Fsp3) is 0.933. The van der Waals surface area contributed by atoms with E-state index in [9.17, 15) is 9.90 Å². The largest absolute Gasteiger partial charge is 0.444 e. The molecule has 21 heavy (non-hydrogen) atoms. The number of carbonyl (C=O) groups excluding carboxylic acids is 1. The Balaban J connectivity index is 1.83. The highest BCUT2D eigenvalue weighted by atomic mass is 16.7. The van der Waals surface area contributed by atoms with Crippen LogP contribution >= 0.6 is 0 Å². The predicted octanol–water partition coefficient (Wildman–Crippen LogP) is 1.81. The van der Waals surface area contributed by atoms with E-state index in [-0.39, 0.29) is 18.6 Å². The van der Waals surface area contributed by atoms with Gasteiger partial charge in [-0.05, 0) is 39.5 Å². The Labute approximate surface area is 126 Å². The minimum absolute atomic E-state index is 0.0847. The third-order valence-electron chi connectivity index (χ3n) is 4.07. The van der Waals surface area contributed by atoms with Crippen LogP contribution in [0.5, 0.6) is 0 Å². The lowest BCUT2D eigenvalue weighted by Crippen LogP contribution is -2.48. The molecule has 1 amide bonds. The third kappa shape index (κ3) is 4.56. The fourth-order valence-electron chi connectivity index (χ4n) is 3.04. The van der Waals surface area contributed by atoms with Gasteiger partial charge in [-0.1, -0.05) is 0 Å². The Bertz CT molecular complexity index is 350. The van der Waals surface area contributed by atoms with Crippen molar-refractivity contribution in [2.75, 3.05) is 19.8 Å². The number of hydrogen-bond acceptors (Lipinski definition) is 5. The summed E-state index contributed by atoms with van der Waals surface area (Å²) in [7, 11) is 0. The van der Waals surface area contributed by atoms with Gasteiger partial charge in [-0.15, -0.1) is 0 Å². The maximum absolute atomic E-state index is 11.8. The van der Waals surface area contributed by atoms with E-state index in [1.165, 1.54) is 0 Å². The highest BCUT2D eigenvalue weighted by Gasteiger charge is 2.42. The average Bonchev–Trinajstić information content (AvgIpc) is 2.83. The van der Waals surface area contributed by atoms with E-state index in [0.29, 0.717) is 13.2 Å².